The van der Waals surface area contributed by atoms with Gasteiger partial charge in [-0.05, 0) is 6.07 Å². The van der Waals surface area contributed by atoms with Crippen molar-refractivity contribution in [1.29, 1.82) is 0 Å². The van der Waals surface area contributed by atoms with E-state index in [4.69, 9.17) is 5.11 Å². The van der Waals surface area contributed by atoms with E-state index >= 15 is 0 Å². The Hall–Kier alpha value is -2.77. The first kappa shape index (κ1) is 10.7. The largest absolute Gasteiger partial charge is 0.464 e. The molecule has 1 aromatic carbocycles. The van der Waals surface area contributed by atoms with Crippen molar-refractivity contribution < 1.29 is 24.4 Å². The monoisotopic (exact) mass is 236 g/mol. The fourth-order valence-electron chi connectivity index (χ4n) is 1.53. The van der Waals surface area contributed by atoms with Crippen molar-refractivity contribution in [2.45, 2.75) is 0 Å². The highest BCUT2D eigenvalue weighted by atomic mass is 16.6. The van der Waals surface area contributed by atoms with Crippen molar-refractivity contribution in [2.75, 3.05) is 4.90 Å². The highest BCUT2D eigenvalue weighted by Crippen LogP contribution is 2.31. The Kier molecular flexibility index (Phi) is 2.13. The number of carbonyl (C=O) groups is 3. The fraction of sp³-hybridized carbons (Fsp3) is 0. The van der Waals surface area contributed by atoms with E-state index in [-0.39, 0.29) is 21.8 Å². The molecular formula is C9H4N2O6. The quantitative estimate of drug-likeness (QED) is 0.437. The van der Waals surface area contributed by atoms with Crippen molar-refractivity contribution in [3.63, 3.8) is 0 Å². The minimum atomic E-state index is -1.60. The highest BCUT2D eigenvalue weighted by molar-refractivity contribution is 6.55. The molecule has 0 fully saturated rings. The Labute approximate surface area is 93.2 Å². The first-order valence-electron chi connectivity index (χ1n) is 4.33. The smallest absolute Gasteiger partial charge is 0.419 e. The van der Waals surface area contributed by atoms with Crippen LogP contribution in [0.4, 0.5) is 16.2 Å². The van der Waals surface area contributed by atoms with Crippen molar-refractivity contribution in [3.8, 4) is 0 Å². The number of nitro groups is 1. The van der Waals surface area contributed by atoms with Crippen LogP contribution in [0.25, 0.3) is 0 Å². The molecule has 17 heavy (non-hydrogen) atoms. The summed E-state index contributed by atoms with van der Waals surface area (Å²) in [6.07, 6.45) is -1.60. The van der Waals surface area contributed by atoms with Crippen LogP contribution in [-0.4, -0.2) is 27.8 Å². The molecule has 1 aromatic rings. The molecule has 8 nitrogen and oxygen atoms in total. The van der Waals surface area contributed by atoms with Gasteiger partial charge in [-0.15, -0.1) is 0 Å². The van der Waals surface area contributed by atoms with Crippen LogP contribution in [0.5, 0.6) is 0 Å². The number of hydrogen-bond acceptors (Lipinski definition) is 5. The van der Waals surface area contributed by atoms with Crippen molar-refractivity contribution in [3.05, 3.63) is 33.9 Å². The normalized spacial score (nSPS) is 13.8. The van der Waals surface area contributed by atoms with Crippen LogP contribution < -0.4 is 4.90 Å². The number of anilines is 1. The van der Waals surface area contributed by atoms with Gasteiger partial charge in [0.15, 0.2) is 0 Å². The average molecular weight is 236 g/mol. The second kappa shape index (κ2) is 3.37. The van der Waals surface area contributed by atoms with Gasteiger partial charge < -0.3 is 5.11 Å². The van der Waals surface area contributed by atoms with E-state index in [0.717, 1.165) is 18.2 Å². The molecule has 0 aromatic heterocycles. The van der Waals surface area contributed by atoms with Crippen LogP contribution in [0.15, 0.2) is 18.2 Å². The molecule has 0 atom stereocenters. The second-order valence-corrected chi connectivity index (χ2v) is 3.21. The number of nitro benzene ring substituents is 1. The van der Waals surface area contributed by atoms with E-state index in [0.29, 0.717) is 0 Å². The molecule has 1 heterocycles. The SMILES string of the molecule is O=C1C(=O)N(C(=O)O)c2ccc([N+](=O)[O-])cc21. The van der Waals surface area contributed by atoms with Gasteiger partial charge in [-0.1, -0.05) is 0 Å². The topological polar surface area (TPSA) is 118 Å². The first-order chi connectivity index (χ1) is 7.93. The van der Waals surface area contributed by atoms with Crippen molar-refractivity contribution >= 4 is 29.2 Å². The van der Waals surface area contributed by atoms with Crippen LogP contribution in [0, 0.1) is 10.1 Å². The molecule has 2 rings (SSSR count). The van der Waals surface area contributed by atoms with Gasteiger partial charge in [0.2, 0.25) is 0 Å². The zero-order valence-corrected chi connectivity index (χ0v) is 8.11. The third-order valence-electron chi connectivity index (χ3n) is 2.27. The molecule has 8 heteroatoms. The highest BCUT2D eigenvalue weighted by Gasteiger charge is 2.40. The Morgan fingerprint density at radius 2 is 2.00 bits per heavy atom. The van der Waals surface area contributed by atoms with Gasteiger partial charge >= 0.3 is 12.0 Å². The predicted octanol–water partition coefficient (Wildman–Crippen LogP) is 0.802. The average Bonchev–Trinajstić information content (AvgIpc) is 2.51. The van der Waals surface area contributed by atoms with Gasteiger partial charge in [0.05, 0.1) is 16.2 Å². The van der Waals surface area contributed by atoms with Crippen LogP contribution in [0.2, 0.25) is 0 Å². The van der Waals surface area contributed by atoms with E-state index in [9.17, 15) is 24.5 Å². The number of nitrogens with zero attached hydrogens (tertiary/aromatic N) is 2. The molecule has 0 saturated heterocycles. The molecule has 86 valence electrons. The lowest BCUT2D eigenvalue weighted by molar-refractivity contribution is -0.384. The Balaban J connectivity index is 2.63. The maximum atomic E-state index is 11.4. The number of Topliss-reactive ketones (excluding diaryl/α,β-unsaturated/α-hetero) is 1. The summed E-state index contributed by atoms with van der Waals surface area (Å²) in [7, 11) is 0. The maximum absolute atomic E-state index is 11.4. The number of fused-ring (bicyclic) bond motifs is 1. The Bertz CT molecular complexity index is 579. The third kappa shape index (κ3) is 1.42. The summed E-state index contributed by atoms with van der Waals surface area (Å²) < 4.78 is 0. The lowest BCUT2D eigenvalue weighted by Crippen LogP contribution is -2.34. The molecule has 1 aliphatic heterocycles. The zero-order valence-electron chi connectivity index (χ0n) is 8.11. The van der Waals surface area contributed by atoms with Crippen LogP contribution >= 0.6 is 0 Å². The standard InChI is InChI=1S/C9H4N2O6/c12-7-5-3-4(11(16)17)1-2-6(5)10(8(7)13)9(14)15/h1-3H,(H,14,15). The third-order valence-corrected chi connectivity index (χ3v) is 2.27. The number of ketones is 1. The maximum Gasteiger partial charge on any atom is 0.419 e. The van der Waals surface area contributed by atoms with Gasteiger partial charge in [-0.3, -0.25) is 19.7 Å². The summed E-state index contributed by atoms with van der Waals surface area (Å²) in [6.45, 7) is 0. The number of rotatable bonds is 1. The van der Waals surface area contributed by atoms with Crippen molar-refractivity contribution in [1.82, 2.24) is 0 Å². The molecular weight excluding hydrogens is 232 g/mol. The number of hydrogen-bond donors (Lipinski definition) is 1. The summed E-state index contributed by atoms with van der Waals surface area (Å²) in [5.41, 5.74) is -0.804. The van der Waals surface area contributed by atoms with E-state index in [1.165, 1.54) is 0 Å². The number of benzene rings is 1. The van der Waals surface area contributed by atoms with Crippen molar-refractivity contribution in [2.24, 2.45) is 0 Å². The number of carbonyl (C=O) groups excluding carboxylic acids is 2. The lowest BCUT2D eigenvalue weighted by atomic mass is 10.1. The van der Waals surface area contributed by atoms with Gasteiger partial charge in [0.1, 0.15) is 0 Å². The molecule has 0 aliphatic carbocycles. The van der Waals surface area contributed by atoms with Gasteiger partial charge in [0.25, 0.3) is 11.5 Å². The van der Waals surface area contributed by atoms with E-state index in [1.54, 1.807) is 0 Å². The molecule has 0 bridgehead atoms. The fourth-order valence-corrected chi connectivity index (χ4v) is 1.53. The lowest BCUT2D eigenvalue weighted by Gasteiger charge is -2.08. The van der Waals surface area contributed by atoms with Gasteiger partial charge in [0, 0.05) is 12.1 Å². The van der Waals surface area contributed by atoms with E-state index in [1.807, 2.05) is 0 Å². The number of amides is 2. The molecule has 0 spiro atoms. The van der Waals surface area contributed by atoms with Crippen LogP contribution in [0.1, 0.15) is 10.4 Å². The van der Waals surface area contributed by atoms with E-state index in [2.05, 4.69) is 0 Å². The molecule has 2 amide bonds. The van der Waals surface area contributed by atoms with Gasteiger partial charge in [-0.25, -0.2) is 9.69 Å². The first-order valence-corrected chi connectivity index (χ1v) is 4.33. The van der Waals surface area contributed by atoms with Gasteiger partial charge in [-0.2, -0.15) is 0 Å². The van der Waals surface area contributed by atoms with Crippen LogP contribution in [0.3, 0.4) is 0 Å². The Morgan fingerprint density at radius 1 is 1.35 bits per heavy atom. The molecule has 0 unspecified atom stereocenters. The Morgan fingerprint density at radius 3 is 2.53 bits per heavy atom. The summed E-state index contributed by atoms with van der Waals surface area (Å²) in [5.74, 6) is -2.29. The molecule has 0 radical (unpaired) electrons. The number of imide groups is 1. The molecule has 1 aliphatic rings. The minimum Gasteiger partial charge on any atom is -0.464 e. The minimum absolute atomic E-state index is 0.155. The summed E-state index contributed by atoms with van der Waals surface area (Å²) in [5, 5.41) is 19.2. The summed E-state index contributed by atoms with van der Waals surface area (Å²) in [6, 6.07) is 2.98. The second-order valence-electron chi connectivity index (χ2n) is 3.21. The predicted molar refractivity (Wildman–Crippen MR) is 52.9 cm³/mol. The summed E-state index contributed by atoms with van der Waals surface area (Å²) >= 11 is 0. The zero-order chi connectivity index (χ0) is 12.7. The van der Waals surface area contributed by atoms with E-state index < -0.39 is 22.7 Å². The number of carboxylic acid groups (broad SMARTS) is 1. The van der Waals surface area contributed by atoms with Crippen LogP contribution in [-0.2, 0) is 4.79 Å². The molecule has 1 N–H and O–H groups in total. The molecule has 0 saturated carbocycles. The number of non-ortho nitro benzene ring substituents is 1. The summed E-state index contributed by atoms with van der Waals surface area (Å²) in [4.78, 5) is 43.5.